The third-order valence-corrected chi connectivity index (χ3v) is 6.28. The lowest BCUT2D eigenvalue weighted by molar-refractivity contribution is -0.00649. The van der Waals surface area contributed by atoms with E-state index in [1.807, 2.05) is 6.07 Å². The monoisotopic (exact) mass is 481 g/mol. The zero-order valence-electron chi connectivity index (χ0n) is 21.9. The molecule has 7 heteroatoms. The van der Waals surface area contributed by atoms with Crippen LogP contribution in [0.25, 0.3) is 0 Å². The number of hydrogen-bond acceptors (Lipinski definition) is 5. The van der Waals surface area contributed by atoms with Crippen LogP contribution in [0.5, 0.6) is 0 Å². The maximum Gasteiger partial charge on any atom is 0.419 e. The summed E-state index contributed by atoms with van der Waals surface area (Å²) in [6.45, 7) is 11.0. The minimum absolute atomic E-state index is 0.179. The Morgan fingerprint density at radius 1 is 0.971 bits per heavy atom. The van der Waals surface area contributed by atoms with Gasteiger partial charge in [0.05, 0.1) is 11.7 Å². The molecule has 0 unspecified atom stereocenters. The lowest BCUT2D eigenvalue weighted by Crippen LogP contribution is -2.47. The van der Waals surface area contributed by atoms with Gasteiger partial charge < -0.3 is 9.47 Å². The highest BCUT2D eigenvalue weighted by atomic mass is 16.6. The van der Waals surface area contributed by atoms with Gasteiger partial charge in [0.1, 0.15) is 11.2 Å². The van der Waals surface area contributed by atoms with Crippen molar-refractivity contribution in [2.24, 2.45) is 5.92 Å². The molecule has 1 aromatic carbocycles. The van der Waals surface area contributed by atoms with Crippen molar-refractivity contribution >= 4 is 12.2 Å². The number of nitrogens with zero attached hydrogens (tertiary/aromatic N) is 3. The predicted octanol–water partition coefficient (Wildman–Crippen LogP) is 6.47. The Bertz CT molecular complexity index is 1010. The Morgan fingerprint density at radius 3 is 2.06 bits per heavy atom. The van der Waals surface area contributed by atoms with Crippen LogP contribution in [-0.4, -0.2) is 44.6 Å². The van der Waals surface area contributed by atoms with Gasteiger partial charge in [-0.05, 0) is 84.8 Å². The second kappa shape index (κ2) is 9.67. The van der Waals surface area contributed by atoms with Gasteiger partial charge in [0.2, 0.25) is 0 Å². The van der Waals surface area contributed by atoms with Gasteiger partial charge in [-0.15, -0.1) is 0 Å². The number of carbonyl (C=O) groups excluding carboxylic acids is 2. The average molecular weight is 482 g/mol. The predicted molar refractivity (Wildman–Crippen MR) is 134 cm³/mol. The van der Waals surface area contributed by atoms with Gasteiger partial charge in [-0.3, -0.25) is 4.68 Å². The molecule has 35 heavy (non-hydrogen) atoms. The van der Waals surface area contributed by atoms with E-state index in [0.717, 1.165) is 24.2 Å². The van der Waals surface area contributed by atoms with Crippen LogP contribution in [-0.2, 0) is 15.9 Å². The molecule has 0 atom stereocenters. The van der Waals surface area contributed by atoms with Crippen molar-refractivity contribution in [2.45, 2.75) is 96.8 Å². The zero-order chi connectivity index (χ0) is 25.4. The van der Waals surface area contributed by atoms with Gasteiger partial charge in [-0.25, -0.2) is 14.5 Å². The summed E-state index contributed by atoms with van der Waals surface area (Å²) in [5.41, 5.74) is 2.31. The minimum atomic E-state index is -0.694. The van der Waals surface area contributed by atoms with Crippen LogP contribution in [0.1, 0.15) is 96.1 Å². The molecule has 2 amide bonds. The number of rotatable bonds is 6. The van der Waals surface area contributed by atoms with Gasteiger partial charge >= 0.3 is 12.2 Å². The summed E-state index contributed by atoms with van der Waals surface area (Å²) in [7, 11) is 0. The molecule has 0 radical (unpaired) electrons. The summed E-state index contributed by atoms with van der Waals surface area (Å²) >= 11 is 0. The molecule has 2 aromatic rings. The average Bonchev–Trinajstić information content (AvgIpc) is 3.47. The molecule has 2 fully saturated rings. The summed E-state index contributed by atoms with van der Waals surface area (Å²) in [5, 5.41) is 4.99. The number of benzene rings is 1. The first kappa shape index (κ1) is 25.3. The Labute approximate surface area is 208 Å². The molecular weight excluding hydrogens is 442 g/mol. The van der Waals surface area contributed by atoms with Crippen molar-refractivity contribution < 1.29 is 19.1 Å². The second-order valence-electron chi connectivity index (χ2n) is 12.0. The zero-order valence-corrected chi connectivity index (χ0v) is 21.9. The van der Waals surface area contributed by atoms with E-state index in [1.165, 1.54) is 29.8 Å². The van der Waals surface area contributed by atoms with Crippen molar-refractivity contribution in [1.29, 1.82) is 0 Å². The molecule has 4 rings (SSSR count). The van der Waals surface area contributed by atoms with E-state index in [2.05, 4.69) is 35.0 Å². The number of ether oxygens (including phenoxy) is 2. The molecule has 0 N–H and O–H groups in total. The van der Waals surface area contributed by atoms with Crippen molar-refractivity contribution in [2.75, 3.05) is 6.54 Å². The summed E-state index contributed by atoms with van der Waals surface area (Å²) in [5.74, 6) is 0.773. The largest absolute Gasteiger partial charge is 0.443 e. The SMILES string of the molecule is CC(C)(C)OC(=O)N(C[C@H]1C[C@H](n2nc(C3CC3)cc2Cc2ccccc2)C1)C(=O)OC(C)(C)C. The van der Waals surface area contributed by atoms with Crippen LogP contribution >= 0.6 is 0 Å². The van der Waals surface area contributed by atoms with Crippen LogP contribution in [0.3, 0.4) is 0 Å². The summed E-state index contributed by atoms with van der Waals surface area (Å²) in [4.78, 5) is 26.8. The fourth-order valence-corrected chi connectivity index (χ4v) is 4.45. The molecule has 0 bridgehead atoms. The summed E-state index contributed by atoms with van der Waals surface area (Å²) < 4.78 is 13.2. The molecule has 7 nitrogen and oxygen atoms in total. The van der Waals surface area contributed by atoms with Crippen molar-refractivity contribution in [3.05, 3.63) is 53.3 Å². The second-order valence-corrected chi connectivity index (χ2v) is 12.0. The topological polar surface area (TPSA) is 73.7 Å². The third kappa shape index (κ3) is 6.86. The van der Waals surface area contributed by atoms with Crippen molar-refractivity contribution in [3.63, 3.8) is 0 Å². The first-order valence-corrected chi connectivity index (χ1v) is 12.7. The van der Waals surface area contributed by atoms with Crippen LogP contribution in [0.4, 0.5) is 9.59 Å². The van der Waals surface area contributed by atoms with Crippen LogP contribution < -0.4 is 0 Å². The lowest BCUT2D eigenvalue weighted by Gasteiger charge is -2.39. The molecular formula is C28H39N3O4. The Balaban J connectivity index is 1.44. The van der Waals surface area contributed by atoms with Crippen molar-refractivity contribution in [1.82, 2.24) is 14.7 Å². The number of hydrogen-bond donors (Lipinski definition) is 0. The fraction of sp³-hybridized carbons (Fsp3) is 0.607. The maximum atomic E-state index is 12.8. The minimum Gasteiger partial charge on any atom is -0.443 e. The molecule has 0 spiro atoms. The molecule has 2 aliphatic rings. The van der Waals surface area contributed by atoms with E-state index >= 15 is 0 Å². The Hall–Kier alpha value is -2.83. The van der Waals surface area contributed by atoms with E-state index in [-0.39, 0.29) is 18.5 Å². The number of amides is 2. The van der Waals surface area contributed by atoms with Gasteiger partial charge in [0.15, 0.2) is 0 Å². The van der Waals surface area contributed by atoms with Gasteiger partial charge in [0, 0.05) is 24.6 Å². The number of aromatic nitrogens is 2. The first-order chi connectivity index (χ1) is 16.4. The van der Waals surface area contributed by atoms with Gasteiger partial charge in [-0.2, -0.15) is 5.10 Å². The molecule has 1 heterocycles. The van der Waals surface area contributed by atoms with Crippen LogP contribution in [0.15, 0.2) is 36.4 Å². The smallest absolute Gasteiger partial charge is 0.419 e. The van der Waals surface area contributed by atoms with Crippen LogP contribution in [0, 0.1) is 5.92 Å². The molecule has 190 valence electrons. The summed E-state index contributed by atoms with van der Waals surface area (Å²) in [6, 6.07) is 13.0. The van der Waals surface area contributed by atoms with E-state index in [4.69, 9.17) is 14.6 Å². The van der Waals surface area contributed by atoms with Gasteiger partial charge in [-0.1, -0.05) is 30.3 Å². The highest BCUT2D eigenvalue weighted by Gasteiger charge is 2.39. The van der Waals surface area contributed by atoms with E-state index < -0.39 is 23.4 Å². The lowest BCUT2D eigenvalue weighted by atomic mass is 9.80. The molecule has 2 saturated carbocycles. The Morgan fingerprint density at radius 2 is 1.54 bits per heavy atom. The Kier molecular flexibility index (Phi) is 6.98. The fourth-order valence-electron chi connectivity index (χ4n) is 4.45. The summed E-state index contributed by atoms with van der Waals surface area (Å²) in [6.07, 6.45) is 3.69. The normalized spacial score (nSPS) is 20.2. The third-order valence-electron chi connectivity index (χ3n) is 6.28. The number of imide groups is 1. The highest BCUT2D eigenvalue weighted by molar-refractivity contribution is 5.88. The van der Waals surface area contributed by atoms with E-state index in [9.17, 15) is 9.59 Å². The first-order valence-electron chi connectivity index (χ1n) is 12.7. The highest BCUT2D eigenvalue weighted by Crippen LogP contribution is 2.43. The van der Waals surface area contributed by atoms with E-state index in [1.54, 1.807) is 41.5 Å². The standard InChI is InChI=1S/C28H39N3O4/c1-27(2,3)34-25(32)30(26(33)35-28(4,5)6)18-20-15-22(16-20)31-23(14-19-10-8-7-9-11-19)17-24(29-31)21-12-13-21/h7-11,17,20-22H,12-16,18H2,1-6H3/t20-,22-. The molecule has 1 aromatic heterocycles. The molecule has 0 aliphatic heterocycles. The molecule has 0 saturated heterocycles. The van der Waals surface area contributed by atoms with Crippen LogP contribution in [0.2, 0.25) is 0 Å². The maximum absolute atomic E-state index is 12.8. The number of carbonyl (C=O) groups is 2. The molecule has 2 aliphatic carbocycles. The van der Waals surface area contributed by atoms with Gasteiger partial charge in [0.25, 0.3) is 0 Å². The quantitative estimate of drug-likeness (QED) is 0.472. The van der Waals surface area contributed by atoms with Crippen molar-refractivity contribution in [3.8, 4) is 0 Å². The van der Waals surface area contributed by atoms with E-state index in [0.29, 0.717) is 5.92 Å².